The topological polar surface area (TPSA) is 80.4 Å². The summed E-state index contributed by atoms with van der Waals surface area (Å²) in [5, 5.41) is 20.9. The van der Waals surface area contributed by atoms with Gasteiger partial charge in [-0.1, -0.05) is 23.4 Å². The second-order valence-corrected chi connectivity index (χ2v) is 5.98. The van der Waals surface area contributed by atoms with Crippen molar-refractivity contribution in [2.75, 3.05) is 0 Å². The number of hydrogen-bond acceptors (Lipinski definition) is 5. The number of rotatable bonds is 4. The predicted molar refractivity (Wildman–Crippen MR) is 73.5 cm³/mol. The Morgan fingerprint density at radius 2 is 2.15 bits per heavy atom. The summed E-state index contributed by atoms with van der Waals surface area (Å²) in [6, 6.07) is 3.26. The number of thiophene rings is 1. The minimum absolute atomic E-state index is 0.0617. The van der Waals surface area contributed by atoms with Gasteiger partial charge in [-0.05, 0) is 12.1 Å². The normalized spacial score (nSPS) is 10.5. The number of carboxylic acids is 1. The lowest BCUT2D eigenvalue weighted by molar-refractivity contribution is -0.387. The van der Waals surface area contributed by atoms with E-state index in [0.29, 0.717) is 4.90 Å². The number of nitro groups is 1. The monoisotopic (exact) mass is 333 g/mol. The van der Waals surface area contributed by atoms with Gasteiger partial charge in [-0.25, -0.2) is 9.18 Å². The third kappa shape index (κ3) is 3.09. The Morgan fingerprint density at radius 1 is 1.45 bits per heavy atom. The first-order chi connectivity index (χ1) is 9.38. The second kappa shape index (κ2) is 5.78. The van der Waals surface area contributed by atoms with E-state index in [-0.39, 0.29) is 20.5 Å². The number of nitro benzene ring substituents is 1. The molecule has 20 heavy (non-hydrogen) atoms. The number of halogens is 2. The molecular weight excluding hydrogens is 329 g/mol. The quantitative estimate of drug-likeness (QED) is 0.666. The molecule has 1 aromatic heterocycles. The van der Waals surface area contributed by atoms with E-state index in [1.807, 2.05) is 0 Å². The lowest BCUT2D eigenvalue weighted by Crippen LogP contribution is -1.93. The SMILES string of the molecule is O=C(O)c1cc(Sc2cc(F)c(Cl)cc2[N+](=O)[O-])cs1. The third-order valence-electron chi connectivity index (χ3n) is 2.21. The van der Waals surface area contributed by atoms with Crippen molar-refractivity contribution in [2.24, 2.45) is 0 Å². The number of nitrogens with zero attached hydrogens (tertiary/aromatic N) is 1. The van der Waals surface area contributed by atoms with Crippen molar-refractivity contribution in [3.8, 4) is 0 Å². The molecule has 5 nitrogen and oxygen atoms in total. The van der Waals surface area contributed by atoms with E-state index >= 15 is 0 Å². The van der Waals surface area contributed by atoms with Crippen LogP contribution in [0.1, 0.15) is 9.67 Å². The summed E-state index contributed by atoms with van der Waals surface area (Å²) < 4.78 is 13.4. The van der Waals surface area contributed by atoms with Crippen molar-refractivity contribution in [1.29, 1.82) is 0 Å². The number of carboxylic acid groups (broad SMARTS) is 1. The highest BCUT2D eigenvalue weighted by atomic mass is 35.5. The van der Waals surface area contributed by atoms with Gasteiger partial charge in [0.1, 0.15) is 10.7 Å². The average molecular weight is 334 g/mol. The maximum Gasteiger partial charge on any atom is 0.345 e. The molecule has 0 fully saturated rings. The Kier molecular flexibility index (Phi) is 4.26. The predicted octanol–water partition coefficient (Wildman–Crippen LogP) is 4.30. The van der Waals surface area contributed by atoms with Crippen molar-refractivity contribution in [3.63, 3.8) is 0 Å². The summed E-state index contributed by atoms with van der Waals surface area (Å²) in [7, 11) is 0. The minimum atomic E-state index is -1.08. The van der Waals surface area contributed by atoms with Gasteiger partial charge in [0.15, 0.2) is 0 Å². The van der Waals surface area contributed by atoms with Gasteiger partial charge < -0.3 is 5.11 Å². The van der Waals surface area contributed by atoms with Crippen LogP contribution in [-0.4, -0.2) is 16.0 Å². The van der Waals surface area contributed by atoms with Crippen LogP contribution >= 0.6 is 34.7 Å². The standard InChI is InChI=1S/C11H5ClFNO4S2/c12-6-2-8(14(17)18)9(3-7(6)13)20-5-1-10(11(15)16)19-4-5/h1-4H,(H,15,16). The summed E-state index contributed by atoms with van der Waals surface area (Å²) in [5.41, 5.74) is -0.329. The molecule has 0 spiro atoms. The fourth-order valence-corrected chi connectivity index (χ4v) is 3.36. The van der Waals surface area contributed by atoms with Crippen molar-refractivity contribution in [3.05, 3.63) is 49.4 Å². The van der Waals surface area contributed by atoms with Gasteiger partial charge >= 0.3 is 5.97 Å². The Labute approximate surface area is 125 Å². The number of carbonyl (C=O) groups is 1. The highest BCUT2D eigenvalue weighted by Crippen LogP contribution is 2.39. The van der Waals surface area contributed by atoms with E-state index < -0.39 is 16.7 Å². The molecule has 0 aliphatic carbocycles. The van der Waals surface area contributed by atoms with E-state index in [1.165, 1.54) is 11.4 Å². The molecule has 0 saturated heterocycles. The van der Waals surface area contributed by atoms with Crippen LogP contribution < -0.4 is 0 Å². The van der Waals surface area contributed by atoms with Crippen molar-refractivity contribution in [2.45, 2.75) is 9.79 Å². The van der Waals surface area contributed by atoms with E-state index in [9.17, 15) is 19.3 Å². The zero-order valence-corrected chi connectivity index (χ0v) is 11.9. The van der Waals surface area contributed by atoms with Gasteiger partial charge in [0.2, 0.25) is 0 Å². The zero-order chi connectivity index (χ0) is 14.9. The molecule has 1 N–H and O–H groups in total. The fraction of sp³-hybridized carbons (Fsp3) is 0. The Morgan fingerprint density at radius 3 is 2.70 bits per heavy atom. The lowest BCUT2D eigenvalue weighted by Gasteiger charge is -2.02. The molecule has 0 saturated carbocycles. The molecule has 2 rings (SSSR count). The van der Waals surface area contributed by atoms with Crippen LogP contribution in [0.2, 0.25) is 5.02 Å². The number of hydrogen-bond donors (Lipinski definition) is 1. The number of benzene rings is 1. The lowest BCUT2D eigenvalue weighted by atomic mass is 10.3. The molecule has 0 aliphatic rings. The highest BCUT2D eigenvalue weighted by molar-refractivity contribution is 7.99. The molecule has 0 atom stereocenters. The molecular formula is C11H5ClFNO4S2. The van der Waals surface area contributed by atoms with Gasteiger partial charge in [0.05, 0.1) is 14.8 Å². The van der Waals surface area contributed by atoms with Crippen molar-refractivity contribution < 1.29 is 19.2 Å². The van der Waals surface area contributed by atoms with Crippen LogP contribution in [0.5, 0.6) is 0 Å². The molecule has 1 aromatic carbocycles. The molecule has 0 aliphatic heterocycles. The third-order valence-corrected chi connectivity index (χ3v) is 4.59. The molecule has 104 valence electrons. The Bertz CT molecular complexity index is 704. The van der Waals surface area contributed by atoms with E-state index in [1.54, 1.807) is 0 Å². The average Bonchev–Trinajstić information content (AvgIpc) is 2.82. The Balaban J connectivity index is 2.39. The maximum atomic E-state index is 13.4. The van der Waals surface area contributed by atoms with Crippen LogP contribution in [0.25, 0.3) is 0 Å². The molecule has 2 aromatic rings. The van der Waals surface area contributed by atoms with Crippen molar-refractivity contribution in [1.82, 2.24) is 0 Å². The fourth-order valence-electron chi connectivity index (χ4n) is 1.35. The van der Waals surface area contributed by atoms with Crippen molar-refractivity contribution >= 4 is 46.4 Å². The van der Waals surface area contributed by atoms with Gasteiger partial charge in [0, 0.05) is 16.3 Å². The van der Waals surface area contributed by atoms with Crippen LogP contribution in [0.4, 0.5) is 10.1 Å². The first kappa shape index (κ1) is 14.8. The van der Waals surface area contributed by atoms with Gasteiger partial charge in [-0.3, -0.25) is 10.1 Å². The first-order valence-corrected chi connectivity index (χ1v) is 7.09. The number of aromatic carboxylic acids is 1. The van der Waals surface area contributed by atoms with E-state index in [0.717, 1.165) is 35.2 Å². The summed E-state index contributed by atoms with van der Waals surface area (Å²) in [6.07, 6.45) is 0. The molecule has 0 amide bonds. The van der Waals surface area contributed by atoms with Gasteiger partial charge in [-0.15, -0.1) is 11.3 Å². The maximum absolute atomic E-state index is 13.4. The van der Waals surface area contributed by atoms with Gasteiger partial charge in [-0.2, -0.15) is 0 Å². The zero-order valence-electron chi connectivity index (χ0n) is 9.50. The summed E-state index contributed by atoms with van der Waals surface area (Å²) in [6.45, 7) is 0. The summed E-state index contributed by atoms with van der Waals surface area (Å²) in [4.78, 5) is 21.6. The highest BCUT2D eigenvalue weighted by Gasteiger charge is 2.19. The minimum Gasteiger partial charge on any atom is -0.477 e. The summed E-state index contributed by atoms with van der Waals surface area (Å²) in [5.74, 6) is -1.85. The van der Waals surface area contributed by atoms with Crippen LogP contribution in [-0.2, 0) is 0 Å². The van der Waals surface area contributed by atoms with Crippen LogP contribution in [0.15, 0.2) is 33.4 Å². The molecule has 1 heterocycles. The smallest absolute Gasteiger partial charge is 0.345 e. The largest absolute Gasteiger partial charge is 0.477 e. The Hall–Kier alpha value is -1.64. The van der Waals surface area contributed by atoms with E-state index in [4.69, 9.17) is 16.7 Å². The second-order valence-electron chi connectivity index (χ2n) is 3.55. The van der Waals surface area contributed by atoms with Crippen LogP contribution in [0, 0.1) is 15.9 Å². The van der Waals surface area contributed by atoms with Gasteiger partial charge in [0.25, 0.3) is 5.69 Å². The first-order valence-electron chi connectivity index (χ1n) is 5.01. The molecule has 0 unspecified atom stereocenters. The summed E-state index contributed by atoms with van der Waals surface area (Å²) >= 11 is 7.41. The van der Waals surface area contributed by atoms with Crippen LogP contribution in [0.3, 0.4) is 0 Å². The molecule has 9 heteroatoms. The molecule has 0 bridgehead atoms. The van der Waals surface area contributed by atoms with E-state index in [2.05, 4.69) is 0 Å². The molecule has 0 radical (unpaired) electrons.